The molecule has 0 unspecified atom stereocenters. The van der Waals surface area contributed by atoms with E-state index in [-0.39, 0.29) is 18.1 Å². The molecule has 3 aromatic rings. The van der Waals surface area contributed by atoms with Crippen LogP contribution < -0.4 is 4.74 Å². The lowest BCUT2D eigenvalue weighted by Crippen LogP contribution is -2.53. The minimum absolute atomic E-state index is 0.208. The van der Waals surface area contributed by atoms with Gasteiger partial charge in [-0.3, -0.25) is 4.79 Å². The fourth-order valence-electron chi connectivity index (χ4n) is 4.19. The Morgan fingerprint density at radius 2 is 1.90 bits per heavy atom. The van der Waals surface area contributed by atoms with Gasteiger partial charge in [-0.25, -0.2) is 0 Å². The number of rotatable bonds is 4. The van der Waals surface area contributed by atoms with E-state index < -0.39 is 6.10 Å². The smallest absolute Gasteiger partial charge is 0.289 e. The molecule has 1 amide bonds. The number of benzene rings is 2. The van der Waals surface area contributed by atoms with E-state index in [0.29, 0.717) is 11.3 Å². The normalized spacial score (nSPS) is 21.9. The molecular formula is C24H27NO4. The Morgan fingerprint density at radius 1 is 1.14 bits per heavy atom. The van der Waals surface area contributed by atoms with Crippen LogP contribution in [0.25, 0.3) is 11.0 Å². The van der Waals surface area contributed by atoms with Gasteiger partial charge in [0.1, 0.15) is 23.5 Å². The molecule has 2 aromatic carbocycles. The number of para-hydroxylation sites is 1. The van der Waals surface area contributed by atoms with Crippen LogP contribution in [0.5, 0.6) is 5.75 Å². The number of carbonyl (C=O) groups is 1. The lowest BCUT2D eigenvalue weighted by molar-refractivity contribution is -0.0418. The van der Waals surface area contributed by atoms with Crippen LogP contribution in [0.15, 0.2) is 52.9 Å². The Kier molecular flexibility index (Phi) is 5.33. The van der Waals surface area contributed by atoms with Crippen LogP contribution in [0.2, 0.25) is 0 Å². The summed E-state index contributed by atoms with van der Waals surface area (Å²) in [5.74, 6) is 0.863. The van der Waals surface area contributed by atoms with Gasteiger partial charge in [-0.05, 0) is 56.9 Å². The van der Waals surface area contributed by atoms with Crippen LogP contribution in [0.3, 0.4) is 0 Å². The summed E-state index contributed by atoms with van der Waals surface area (Å²) in [5.41, 5.74) is 2.63. The van der Waals surface area contributed by atoms with Gasteiger partial charge < -0.3 is 19.2 Å². The summed E-state index contributed by atoms with van der Waals surface area (Å²) in [6.45, 7) is 3.90. The summed E-state index contributed by atoms with van der Waals surface area (Å²) in [6, 6.07) is 15.1. The molecule has 0 saturated heterocycles. The first-order chi connectivity index (χ1) is 14.0. The second-order valence-electron chi connectivity index (χ2n) is 7.93. The number of ether oxygens (including phenoxy) is 1. The summed E-state index contributed by atoms with van der Waals surface area (Å²) >= 11 is 0. The third-order valence-corrected chi connectivity index (χ3v) is 5.90. The van der Waals surface area contributed by atoms with E-state index >= 15 is 0 Å². The molecule has 1 aliphatic rings. The molecule has 0 spiro atoms. The number of furan rings is 1. The number of hydrogen-bond acceptors (Lipinski definition) is 4. The Hall–Kier alpha value is -2.79. The maximum atomic E-state index is 13.2. The maximum Gasteiger partial charge on any atom is 0.289 e. The van der Waals surface area contributed by atoms with Crippen LogP contribution in [0, 0.1) is 13.8 Å². The highest BCUT2D eigenvalue weighted by atomic mass is 16.5. The lowest BCUT2D eigenvalue weighted by Gasteiger charge is -2.39. The minimum Gasteiger partial charge on any atom is -0.488 e. The largest absolute Gasteiger partial charge is 0.488 e. The number of nitrogens with zero attached hydrogens (tertiary/aromatic N) is 1. The Balaban J connectivity index is 1.54. The second-order valence-corrected chi connectivity index (χ2v) is 7.93. The van der Waals surface area contributed by atoms with E-state index in [0.717, 1.165) is 41.5 Å². The summed E-state index contributed by atoms with van der Waals surface area (Å²) < 4.78 is 11.9. The van der Waals surface area contributed by atoms with Gasteiger partial charge in [0.2, 0.25) is 0 Å². The molecule has 1 aromatic heterocycles. The monoisotopic (exact) mass is 393 g/mol. The Labute approximate surface area is 170 Å². The van der Waals surface area contributed by atoms with E-state index in [2.05, 4.69) is 0 Å². The molecule has 1 aliphatic carbocycles. The number of carbonyl (C=O) groups excluding carboxylic acids is 1. The predicted octanol–water partition coefficient (Wildman–Crippen LogP) is 4.48. The van der Waals surface area contributed by atoms with Crippen LogP contribution in [-0.2, 0) is 0 Å². The van der Waals surface area contributed by atoms with E-state index in [9.17, 15) is 9.90 Å². The molecule has 1 heterocycles. The molecule has 0 bridgehead atoms. The van der Waals surface area contributed by atoms with Crippen molar-refractivity contribution < 1.29 is 19.1 Å². The third kappa shape index (κ3) is 3.75. The Morgan fingerprint density at radius 3 is 2.66 bits per heavy atom. The third-order valence-electron chi connectivity index (χ3n) is 5.90. The quantitative estimate of drug-likeness (QED) is 0.710. The average Bonchev–Trinajstić information content (AvgIpc) is 3.05. The molecule has 0 radical (unpaired) electrons. The zero-order valence-electron chi connectivity index (χ0n) is 17.1. The second kappa shape index (κ2) is 7.91. The summed E-state index contributed by atoms with van der Waals surface area (Å²) in [5, 5.41) is 11.9. The fraction of sp³-hybridized carbons (Fsp3) is 0.375. The molecule has 29 heavy (non-hydrogen) atoms. The summed E-state index contributed by atoms with van der Waals surface area (Å²) in [4.78, 5) is 14.8. The molecular weight excluding hydrogens is 366 g/mol. The van der Waals surface area contributed by atoms with Crippen molar-refractivity contribution in [2.75, 3.05) is 7.05 Å². The van der Waals surface area contributed by atoms with Crippen molar-refractivity contribution in [3.05, 3.63) is 65.4 Å². The highest BCUT2D eigenvalue weighted by molar-refractivity contribution is 5.99. The first kappa shape index (κ1) is 19.5. The van der Waals surface area contributed by atoms with Crippen LogP contribution in [0.4, 0.5) is 0 Å². The van der Waals surface area contributed by atoms with E-state index in [4.69, 9.17) is 9.15 Å². The minimum atomic E-state index is -0.759. The number of fused-ring (bicyclic) bond motifs is 1. The highest BCUT2D eigenvalue weighted by Gasteiger charge is 2.38. The van der Waals surface area contributed by atoms with E-state index in [1.807, 2.05) is 62.4 Å². The van der Waals surface area contributed by atoms with Crippen LogP contribution >= 0.6 is 0 Å². The fourth-order valence-corrected chi connectivity index (χ4v) is 4.19. The standard InChI is InChI=1S/C24H27NO4/c1-15-12-13-18-16(2)23(29-21(18)14-15)24(27)25(3)19-10-7-11-20(22(19)26)28-17-8-5-4-6-9-17/h4-6,8-9,12-14,19-20,22,26H,7,10-11H2,1-3H3/t19-,20-,22-/m1/s1. The van der Waals surface area contributed by atoms with Crippen molar-refractivity contribution in [1.82, 2.24) is 4.90 Å². The van der Waals surface area contributed by atoms with Gasteiger partial charge in [0.15, 0.2) is 5.76 Å². The zero-order valence-corrected chi connectivity index (χ0v) is 17.1. The van der Waals surface area contributed by atoms with E-state index in [1.54, 1.807) is 11.9 Å². The van der Waals surface area contributed by atoms with Gasteiger partial charge in [0, 0.05) is 18.0 Å². The first-order valence-electron chi connectivity index (χ1n) is 10.1. The van der Waals surface area contributed by atoms with Gasteiger partial charge in [-0.2, -0.15) is 0 Å². The highest BCUT2D eigenvalue weighted by Crippen LogP contribution is 2.31. The first-order valence-corrected chi connectivity index (χ1v) is 10.1. The Bertz CT molecular complexity index is 1010. The molecule has 0 aliphatic heterocycles. The number of aliphatic hydroxyl groups is 1. The number of likely N-dealkylation sites (N-methyl/N-ethyl adjacent to an activating group) is 1. The van der Waals surface area contributed by atoms with Crippen molar-refractivity contribution >= 4 is 16.9 Å². The van der Waals surface area contributed by atoms with Crippen molar-refractivity contribution in [1.29, 1.82) is 0 Å². The van der Waals surface area contributed by atoms with Gasteiger partial charge in [0.25, 0.3) is 5.91 Å². The number of hydrogen-bond donors (Lipinski definition) is 1. The molecule has 5 heteroatoms. The summed E-state index contributed by atoms with van der Waals surface area (Å²) in [6.07, 6.45) is 1.28. The van der Waals surface area contributed by atoms with Crippen LogP contribution in [0.1, 0.15) is 40.9 Å². The molecule has 152 valence electrons. The number of amides is 1. The predicted molar refractivity (Wildman–Crippen MR) is 112 cm³/mol. The van der Waals surface area contributed by atoms with Gasteiger partial charge in [-0.1, -0.05) is 30.3 Å². The average molecular weight is 393 g/mol. The van der Waals surface area contributed by atoms with Crippen molar-refractivity contribution in [3.8, 4) is 5.75 Å². The molecule has 1 fully saturated rings. The van der Waals surface area contributed by atoms with Gasteiger partial charge in [0.05, 0.1) is 6.04 Å². The van der Waals surface area contributed by atoms with Gasteiger partial charge >= 0.3 is 0 Å². The SMILES string of the molecule is Cc1ccc2c(C)c(C(=O)N(C)[C@@H]3CCC[C@@H](Oc4ccccc4)[C@@H]3O)oc2c1. The topological polar surface area (TPSA) is 62.9 Å². The van der Waals surface area contributed by atoms with Crippen molar-refractivity contribution in [2.24, 2.45) is 0 Å². The molecule has 1 saturated carbocycles. The summed E-state index contributed by atoms with van der Waals surface area (Å²) in [7, 11) is 1.74. The number of aryl methyl sites for hydroxylation is 2. The van der Waals surface area contributed by atoms with Crippen LogP contribution in [-0.4, -0.2) is 41.2 Å². The lowest BCUT2D eigenvalue weighted by atomic mass is 9.88. The van der Waals surface area contributed by atoms with Crippen molar-refractivity contribution in [2.45, 2.75) is 51.4 Å². The van der Waals surface area contributed by atoms with E-state index in [1.165, 1.54) is 0 Å². The molecule has 1 N–H and O–H groups in total. The number of aliphatic hydroxyl groups excluding tert-OH is 1. The molecule has 4 rings (SSSR count). The maximum absolute atomic E-state index is 13.2. The molecule has 3 atom stereocenters. The molecule has 5 nitrogen and oxygen atoms in total. The zero-order chi connectivity index (χ0) is 20.5. The van der Waals surface area contributed by atoms with Gasteiger partial charge in [-0.15, -0.1) is 0 Å². The van der Waals surface area contributed by atoms with Crippen molar-refractivity contribution in [3.63, 3.8) is 0 Å².